The number of hydrogen-bond donors (Lipinski definition) is 0. The maximum absolute atomic E-state index is 2.29. The third kappa shape index (κ3) is 20.7. The Morgan fingerprint density at radius 3 is 1.05 bits per heavy atom. The van der Waals surface area contributed by atoms with Gasteiger partial charge in [0.15, 0.2) is 0 Å². The van der Waals surface area contributed by atoms with Crippen molar-refractivity contribution in [3.05, 3.63) is 0 Å². The van der Waals surface area contributed by atoms with Crippen molar-refractivity contribution < 1.29 is 0 Å². The highest BCUT2D eigenvalue weighted by atomic mass is 32.2. The third-order valence-corrected chi connectivity index (χ3v) is 6.42. The van der Waals surface area contributed by atoms with E-state index in [2.05, 4.69) is 37.4 Å². The minimum atomic E-state index is 1.36. The molecule has 0 aromatic heterocycles. The number of hydrogen-bond acceptors (Lipinski definition) is 2. The summed E-state index contributed by atoms with van der Waals surface area (Å²) in [7, 11) is 0. The summed E-state index contributed by atoms with van der Waals surface area (Å²) < 4.78 is 0. The Labute approximate surface area is 150 Å². The van der Waals surface area contributed by atoms with Gasteiger partial charge in [-0.2, -0.15) is 23.5 Å². The van der Waals surface area contributed by atoms with E-state index in [1.54, 1.807) is 0 Å². The van der Waals surface area contributed by atoms with E-state index in [0.29, 0.717) is 0 Å². The van der Waals surface area contributed by atoms with E-state index in [1.807, 2.05) is 0 Å². The van der Waals surface area contributed by atoms with Gasteiger partial charge in [0.1, 0.15) is 0 Å². The highest BCUT2D eigenvalue weighted by Gasteiger charge is 1.94. The van der Waals surface area contributed by atoms with E-state index in [0.717, 1.165) is 0 Å². The predicted octanol–water partition coefficient (Wildman–Crippen LogP) is 7.95. The fraction of sp³-hybridized carbons (Fsp3) is 1.00. The Bertz CT molecular complexity index is 163. The van der Waals surface area contributed by atoms with Gasteiger partial charge in [-0.1, -0.05) is 78.1 Å². The van der Waals surface area contributed by atoms with Crippen LogP contribution in [0.3, 0.4) is 0 Å². The second-order valence-electron chi connectivity index (χ2n) is 6.47. The Morgan fingerprint density at radius 1 is 0.364 bits per heavy atom. The molecule has 0 aliphatic rings. The number of thioether (sulfide) groups is 2. The van der Waals surface area contributed by atoms with Crippen molar-refractivity contribution in [3.8, 4) is 0 Å². The summed E-state index contributed by atoms with van der Waals surface area (Å²) in [6.07, 6.45) is 20.1. The minimum Gasteiger partial charge on any atom is -0.162 e. The van der Waals surface area contributed by atoms with E-state index >= 15 is 0 Å². The molecule has 0 atom stereocenters. The minimum absolute atomic E-state index is 1.36. The van der Waals surface area contributed by atoms with Gasteiger partial charge < -0.3 is 0 Å². The van der Waals surface area contributed by atoms with Crippen LogP contribution in [0, 0.1) is 0 Å². The molecule has 0 aromatic rings. The highest BCUT2D eigenvalue weighted by Crippen LogP contribution is 2.14. The van der Waals surface area contributed by atoms with Crippen LogP contribution in [0.4, 0.5) is 0 Å². The monoisotopic (exact) mass is 346 g/mol. The zero-order chi connectivity index (χ0) is 16.1. The summed E-state index contributed by atoms with van der Waals surface area (Å²) in [5, 5.41) is 0. The number of unbranched alkanes of at least 4 members (excludes halogenated alkanes) is 11. The van der Waals surface area contributed by atoms with E-state index in [-0.39, 0.29) is 0 Å². The maximum atomic E-state index is 2.29. The fourth-order valence-corrected chi connectivity index (χ4v) is 4.62. The molecule has 0 spiro atoms. The first-order valence-corrected chi connectivity index (χ1v) is 12.4. The molecule has 0 rings (SSSR count). The average Bonchev–Trinajstić information content (AvgIpc) is 2.54. The lowest BCUT2D eigenvalue weighted by atomic mass is 10.1. The molecule has 0 saturated heterocycles. The lowest BCUT2D eigenvalue weighted by Crippen LogP contribution is -1.87. The van der Waals surface area contributed by atoms with E-state index in [9.17, 15) is 0 Å². The van der Waals surface area contributed by atoms with Gasteiger partial charge in [-0.3, -0.25) is 0 Å². The van der Waals surface area contributed by atoms with Gasteiger partial charge in [-0.25, -0.2) is 0 Å². The quantitative estimate of drug-likeness (QED) is 0.218. The SMILES string of the molecule is CCCCCCSCCCCCCCCCSCCCCC. The molecule has 0 saturated carbocycles. The topological polar surface area (TPSA) is 0 Å². The first kappa shape index (κ1) is 22.7. The number of rotatable bonds is 19. The predicted molar refractivity (Wildman–Crippen MR) is 111 cm³/mol. The molecule has 0 aliphatic heterocycles. The summed E-state index contributed by atoms with van der Waals surface area (Å²) in [5.41, 5.74) is 0. The summed E-state index contributed by atoms with van der Waals surface area (Å²) in [6, 6.07) is 0. The molecule has 0 heterocycles. The van der Waals surface area contributed by atoms with Crippen LogP contribution >= 0.6 is 23.5 Å². The summed E-state index contributed by atoms with van der Waals surface area (Å²) >= 11 is 4.36. The molecule has 0 aliphatic carbocycles. The second kappa shape index (κ2) is 21.7. The van der Waals surface area contributed by atoms with Crippen LogP contribution in [-0.4, -0.2) is 23.0 Å². The molecule has 134 valence electrons. The van der Waals surface area contributed by atoms with Crippen molar-refractivity contribution in [2.45, 2.75) is 104 Å². The van der Waals surface area contributed by atoms with E-state index in [1.165, 1.54) is 113 Å². The van der Waals surface area contributed by atoms with Crippen LogP contribution in [0.15, 0.2) is 0 Å². The van der Waals surface area contributed by atoms with Gasteiger partial charge >= 0.3 is 0 Å². The molecule has 0 N–H and O–H groups in total. The smallest absolute Gasteiger partial charge is 0.00675 e. The van der Waals surface area contributed by atoms with E-state index in [4.69, 9.17) is 0 Å². The molecule has 0 nitrogen and oxygen atoms in total. The molecular formula is C20H42S2. The molecule has 0 fully saturated rings. The van der Waals surface area contributed by atoms with E-state index < -0.39 is 0 Å². The zero-order valence-electron chi connectivity index (χ0n) is 15.5. The van der Waals surface area contributed by atoms with Gasteiger partial charge in [0.2, 0.25) is 0 Å². The normalized spacial score (nSPS) is 11.2. The molecule has 0 aromatic carbocycles. The second-order valence-corrected chi connectivity index (χ2v) is 8.92. The molecule has 2 heteroatoms. The lowest BCUT2D eigenvalue weighted by Gasteiger charge is -2.03. The maximum Gasteiger partial charge on any atom is -0.00675 e. The standard InChI is InChI=1S/C20H42S2/c1-3-5-7-14-18-22-20-16-12-10-8-9-11-15-19-21-17-13-6-4-2/h3-20H2,1-2H3. The molecular weight excluding hydrogens is 304 g/mol. The molecule has 0 bridgehead atoms. The van der Waals surface area contributed by atoms with Crippen molar-refractivity contribution in [1.29, 1.82) is 0 Å². The van der Waals surface area contributed by atoms with Crippen molar-refractivity contribution >= 4 is 23.5 Å². The molecule has 0 unspecified atom stereocenters. The lowest BCUT2D eigenvalue weighted by molar-refractivity contribution is 0.605. The van der Waals surface area contributed by atoms with Crippen LogP contribution in [0.25, 0.3) is 0 Å². The summed E-state index contributed by atoms with van der Waals surface area (Å²) in [6.45, 7) is 4.58. The Morgan fingerprint density at radius 2 is 0.636 bits per heavy atom. The highest BCUT2D eigenvalue weighted by molar-refractivity contribution is 7.99. The van der Waals surface area contributed by atoms with Gasteiger partial charge in [0, 0.05) is 0 Å². The first-order valence-electron chi connectivity index (χ1n) is 10.1. The molecule has 22 heavy (non-hydrogen) atoms. The van der Waals surface area contributed by atoms with Crippen LogP contribution in [0.2, 0.25) is 0 Å². The first-order chi connectivity index (χ1) is 10.9. The van der Waals surface area contributed by atoms with Crippen LogP contribution < -0.4 is 0 Å². The summed E-state index contributed by atoms with van der Waals surface area (Å²) in [5.74, 6) is 5.60. The zero-order valence-corrected chi connectivity index (χ0v) is 17.2. The Kier molecular flexibility index (Phi) is 22.4. The van der Waals surface area contributed by atoms with Crippen LogP contribution in [0.1, 0.15) is 104 Å². The van der Waals surface area contributed by atoms with Gasteiger partial charge in [-0.15, -0.1) is 0 Å². The third-order valence-electron chi connectivity index (χ3n) is 4.11. The Hall–Kier alpha value is 0.700. The van der Waals surface area contributed by atoms with Gasteiger partial charge in [-0.05, 0) is 48.7 Å². The van der Waals surface area contributed by atoms with Gasteiger partial charge in [0.25, 0.3) is 0 Å². The van der Waals surface area contributed by atoms with Crippen molar-refractivity contribution in [2.75, 3.05) is 23.0 Å². The van der Waals surface area contributed by atoms with Crippen molar-refractivity contribution in [3.63, 3.8) is 0 Å². The van der Waals surface area contributed by atoms with Crippen molar-refractivity contribution in [1.82, 2.24) is 0 Å². The largest absolute Gasteiger partial charge is 0.162 e. The Balaban J connectivity index is 2.91. The summed E-state index contributed by atoms with van der Waals surface area (Å²) in [4.78, 5) is 0. The average molecular weight is 347 g/mol. The van der Waals surface area contributed by atoms with Crippen LogP contribution in [0.5, 0.6) is 0 Å². The molecule has 0 amide bonds. The van der Waals surface area contributed by atoms with Gasteiger partial charge in [0.05, 0.1) is 0 Å². The molecule has 0 radical (unpaired) electrons. The van der Waals surface area contributed by atoms with Crippen molar-refractivity contribution in [2.24, 2.45) is 0 Å². The van der Waals surface area contributed by atoms with Crippen LogP contribution in [-0.2, 0) is 0 Å². The fourth-order valence-electron chi connectivity index (χ4n) is 2.58.